The van der Waals surface area contributed by atoms with E-state index in [0.717, 1.165) is 12.8 Å². The highest BCUT2D eigenvalue weighted by molar-refractivity contribution is 7.89. The predicted molar refractivity (Wildman–Crippen MR) is 72.7 cm³/mol. The maximum atomic E-state index is 12.4. The van der Waals surface area contributed by atoms with Crippen molar-refractivity contribution in [2.45, 2.75) is 24.7 Å². The monoisotopic (exact) mass is 291 g/mol. The number of hydrogen-bond donors (Lipinski definition) is 0. The first kappa shape index (κ1) is 15.3. The molecule has 0 unspecified atom stereocenters. The SMILES string of the molecule is CCCCN(C)S(=O)(=O)c1cc(Cl)ccc1OC. The van der Waals surface area contributed by atoms with Gasteiger partial charge in [-0.3, -0.25) is 0 Å². The van der Waals surface area contributed by atoms with Crippen LogP contribution in [-0.2, 0) is 10.0 Å². The van der Waals surface area contributed by atoms with E-state index < -0.39 is 10.0 Å². The zero-order valence-corrected chi connectivity index (χ0v) is 12.4. The van der Waals surface area contributed by atoms with Gasteiger partial charge in [0.25, 0.3) is 0 Å². The Morgan fingerprint density at radius 2 is 2.06 bits per heavy atom. The van der Waals surface area contributed by atoms with Gasteiger partial charge in [-0.05, 0) is 24.6 Å². The molecule has 1 aromatic carbocycles. The Hall–Kier alpha value is -0.780. The molecule has 0 heterocycles. The van der Waals surface area contributed by atoms with Gasteiger partial charge < -0.3 is 4.74 Å². The molecule has 6 heteroatoms. The zero-order valence-electron chi connectivity index (χ0n) is 10.8. The van der Waals surface area contributed by atoms with E-state index >= 15 is 0 Å². The highest BCUT2D eigenvalue weighted by Gasteiger charge is 2.24. The Labute approximate surface area is 114 Å². The van der Waals surface area contributed by atoms with Crippen LogP contribution in [0.1, 0.15) is 19.8 Å². The van der Waals surface area contributed by atoms with Crippen LogP contribution >= 0.6 is 11.6 Å². The van der Waals surface area contributed by atoms with E-state index in [9.17, 15) is 8.42 Å². The fourth-order valence-corrected chi connectivity index (χ4v) is 3.14. The number of ether oxygens (including phenoxy) is 1. The van der Waals surface area contributed by atoms with Crippen molar-refractivity contribution in [1.82, 2.24) is 4.31 Å². The van der Waals surface area contributed by atoms with Gasteiger partial charge in [0, 0.05) is 18.6 Å². The normalized spacial score (nSPS) is 11.8. The highest BCUT2D eigenvalue weighted by Crippen LogP contribution is 2.29. The smallest absolute Gasteiger partial charge is 0.246 e. The van der Waals surface area contributed by atoms with Crippen molar-refractivity contribution >= 4 is 21.6 Å². The van der Waals surface area contributed by atoms with Gasteiger partial charge in [-0.15, -0.1) is 0 Å². The van der Waals surface area contributed by atoms with Crippen molar-refractivity contribution in [3.8, 4) is 5.75 Å². The van der Waals surface area contributed by atoms with Crippen LogP contribution in [-0.4, -0.2) is 33.4 Å². The van der Waals surface area contributed by atoms with E-state index in [4.69, 9.17) is 16.3 Å². The lowest BCUT2D eigenvalue weighted by Gasteiger charge is -2.18. The Morgan fingerprint density at radius 1 is 1.39 bits per heavy atom. The molecule has 1 aromatic rings. The molecular weight excluding hydrogens is 274 g/mol. The average Bonchev–Trinajstić information content (AvgIpc) is 2.35. The molecule has 0 aliphatic carbocycles. The van der Waals surface area contributed by atoms with Crippen LogP contribution in [0.5, 0.6) is 5.75 Å². The number of benzene rings is 1. The second-order valence-electron chi connectivity index (χ2n) is 3.98. The number of rotatable bonds is 6. The number of halogens is 1. The van der Waals surface area contributed by atoms with Crippen molar-refractivity contribution in [3.63, 3.8) is 0 Å². The van der Waals surface area contributed by atoms with E-state index in [1.165, 1.54) is 17.5 Å². The fraction of sp³-hybridized carbons (Fsp3) is 0.500. The third-order valence-corrected chi connectivity index (χ3v) is 4.75. The molecule has 0 N–H and O–H groups in total. The standard InChI is InChI=1S/C12H18ClNO3S/c1-4-5-8-14(2)18(15,16)12-9-10(13)6-7-11(12)17-3/h6-7,9H,4-5,8H2,1-3H3. The summed E-state index contributed by atoms with van der Waals surface area (Å²) in [4.78, 5) is 0.108. The van der Waals surface area contributed by atoms with Crippen LogP contribution in [0.15, 0.2) is 23.1 Å². The molecule has 0 amide bonds. The molecule has 102 valence electrons. The summed E-state index contributed by atoms with van der Waals surface area (Å²) in [5.74, 6) is 0.308. The molecular formula is C12H18ClNO3S. The van der Waals surface area contributed by atoms with Gasteiger partial charge in [-0.2, -0.15) is 0 Å². The van der Waals surface area contributed by atoms with E-state index in [-0.39, 0.29) is 4.90 Å². The van der Waals surface area contributed by atoms with Crippen molar-refractivity contribution in [1.29, 1.82) is 0 Å². The van der Waals surface area contributed by atoms with Crippen LogP contribution in [0.4, 0.5) is 0 Å². The molecule has 0 spiro atoms. The summed E-state index contributed by atoms with van der Waals surface area (Å²) in [5, 5.41) is 0.373. The largest absolute Gasteiger partial charge is 0.495 e. The number of methoxy groups -OCH3 is 1. The van der Waals surface area contributed by atoms with Gasteiger partial charge in [0.05, 0.1) is 7.11 Å². The summed E-state index contributed by atoms with van der Waals surface area (Å²) < 4.78 is 31.1. The van der Waals surface area contributed by atoms with E-state index in [1.54, 1.807) is 19.2 Å². The Bertz CT molecular complexity index is 502. The lowest BCUT2D eigenvalue weighted by Crippen LogP contribution is -2.28. The summed E-state index contributed by atoms with van der Waals surface area (Å²) >= 11 is 5.85. The topological polar surface area (TPSA) is 46.6 Å². The third kappa shape index (κ3) is 3.37. The molecule has 0 saturated heterocycles. The minimum Gasteiger partial charge on any atom is -0.495 e. The maximum absolute atomic E-state index is 12.4. The molecule has 0 atom stereocenters. The summed E-state index contributed by atoms with van der Waals surface area (Å²) in [7, 11) is -0.553. The Morgan fingerprint density at radius 3 is 2.61 bits per heavy atom. The van der Waals surface area contributed by atoms with Crippen LogP contribution < -0.4 is 4.74 Å². The lowest BCUT2D eigenvalue weighted by atomic mass is 10.3. The Balaban J connectivity index is 3.14. The van der Waals surface area contributed by atoms with Crippen molar-refractivity contribution in [3.05, 3.63) is 23.2 Å². The quantitative estimate of drug-likeness (QED) is 0.810. The van der Waals surface area contributed by atoms with Crippen LogP contribution in [0, 0.1) is 0 Å². The second-order valence-corrected chi connectivity index (χ2v) is 6.43. The van der Waals surface area contributed by atoms with Crippen molar-refractivity contribution in [2.24, 2.45) is 0 Å². The molecule has 4 nitrogen and oxygen atoms in total. The summed E-state index contributed by atoms with van der Waals surface area (Å²) in [5.41, 5.74) is 0. The first-order valence-electron chi connectivity index (χ1n) is 5.73. The highest BCUT2D eigenvalue weighted by atomic mass is 35.5. The third-order valence-electron chi connectivity index (χ3n) is 2.64. The molecule has 0 bridgehead atoms. The van der Waals surface area contributed by atoms with E-state index in [1.807, 2.05) is 6.92 Å². The average molecular weight is 292 g/mol. The number of hydrogen-bond acceptors (Lipinski definition) is 3. The summed E-state index contributed by atoms with van der Waals surface area (Å²) in [6.07, 6.45) is 1.76. The van der Waals surface area contributed by atoms with Crippen LogP contribution in [0.2, 0.25) is 5.02 Å². The first-order valence-corrected chi connectivity index (χ1v) is 7.55. The molecule has 0 fully saturated rings. The lowest BCUT2D eigenvalue weighted by molar-refractivity contribution is 0.397. The molecule has 0 aliphatic rings. The summed E-state index contributed by atoms with van der Waals surface area (Å²) in [6.45, 7) is 2.49. The molecule has 18 heavy (non-hydrogen) atoms. The minimum absolute atomic E-state index is 0.108. The van der Waals surface area contributed by atoms with E-state index in [2.05, 4.69) is 0 Å². The van der Waals surface area contributed by atoms with Crippen LogP contribution in [0.3, 0.4) is 0 Å². The maximum Gasteiger partial charge on any atom is 0.246 e. The van der Waals surface area contributed by atoms with Crippen molar-refractivity contribution < 1.29 is 13.2 Å². The Kier molecular flexibility index (Phi) is 5.44. The number of unbranched alkanes of at least 4 members (excludes halogenated alkanes) is 1. The van der Waals surface area contributed by atoms with Crippen LogP contribution in [0.25, 0.3) is 0 Å². The van der Waals surface area contributed by atoms with Crippen molar-refractivity contribution in [2.75, 3.05) is 20.7 Å². The van der Waals surface area contributed by atoms with Gasteiger partial charge in [-0.1, -0.05) is 24.9 Å². The van der Waals surface area contributed by atoms with Gasteiger partial charge in [0.2, 0.25) is 10.0 Å². The molecule has 0 radical (unpaired) electrons. The minimum atomic E-state index is -3.55. The second kappa shape index (κ2) is 6.41. The molecule has 0 aliphatic heterocycles. The fourth-order valence-electron chi connectivity index (χ4n) is 1.52. The van der Waals surface area contributed by atoms with E-state index in [0.29, 0.717) is 17.3 Å². The van der Waals surface area contributed by atoms with Gasteiger partial charge in [-0.25, -0.2) is 12.7 Å². The molecule has 0 saturated carbocycles. The predicted octanol–water partition coefficient (Wildman–Crippen LogP) is 2.77. The van der Waals surface area contributed by atoms with Gasteiger partial charge in [0.15, 0.2) is 0 Å². The molecule has 1 rings (SSSR count). The zero-order chi connectivity index (χ0) is 13.8. The van der Waals surface area contributed by atoms with Gasteiger partial charge in [0.1, 0.15) is 10.6 Å². The first-order chi connectivity index (χ1) is 8.43. The summed E-state index contributed by atoms with van der Waals surface area (Å²) in [6, 6.07) is 4.58. The number of sulfonamides is 1. The number of nitrogens with zero attached hydrogens (tertiary/aromatic N) is 1. The van der Waals surface area contributed by atoms with Gasteiger partial charge >= 0.3 is 0 Å². The molecule has 0 aromatic heterocycles.